The topological polar surface area (TPSA) is 68.3 Å². The number of sulfonamides is 1. The Labute approximate surface area is 157 Å². The molecule has 0 radical (unpaired) electrons. The molecule has 136 valence electrons. The van der Waals surface area contributed by atoms with Gasteiger partial charge in [0.1, 0.15) is 10.8 Å². The Hall–Kier alpha value is -2.22. The van der Waals surface area contributed by atoms with Crippen molar-refractivity contribution in [3.8, 4) is 27.6 Å². The number of ether oxygens (including phenoxy) is 1. The van der Waals surface area contributed by atoms with E-state index in [0.29, 0.717) is 13.0 Å². The summed E-state index contributed by atoms with van der Waals surface area (Å²) in [5, 5.41) is 3.00. The second-order valence-corrected chi connectivity index (χ2v) is 8.57. The Morgan fingerprint density at radius 1 is 1.04 bits per heavy atom. The quantitative estimate of drug-likeness (QED) is 0.672. The van der Waals surface area contributed by atoms with Gasteiger partial charge in [0.15, 0.2) is 0 Å². The van der Waals surface area contributed by atoms with E-state index in [0.717, 1.165) is 33.1 Å². The molecule has 0 saturated heterocycles. The molecule has 0 fully saturated rings. The van der Waals surface area contributed by atoms with Gasteiger partial charge in [0.05, 0.1) is 19.1 Å². The molecule has 0 bridgehead atoms. The highest BCUT2D eigenvalue weighted by molar-refractivity contribution is 7.88. The van der Waals surface area contributed by atoms with Crippen molar-refractivity contribution in [2.24, 2.45) is 0 Å². The van der Waals surface area contributed by atoms with E-state index in [1.54, 1.807) is 18.4 Å². The van der Waals surface area contributed by atoms with Crippen LogP contribution in [0.2, 0.25) is 0 Å². The van der Waals surface area contributed by atoms with Crippen LogP contribution in [-0.4, -0.2) is 33.3 Å². The van der Waals surface area contributed by atoms with Crippen molar-refractivity contribution in [1.29, 1.82) is 0 Å². The molecular formula is C19H20N2O3S2. The summed E-state index contributed by atoms with van der Waals surface area (Å²) in [5.41, 5.74) is 4.11. The monoisotopic (exact) mass is 388 g/mol. The second kappa shape index (κ2) is 7.99. The lowest BCUT2D eigenvalue weighted by Gasteiger charge is -2.04. The molecule has 2 aromatic carbocycles. The maximum absolute atomic E-state index is 11.1. The van der Waals surface area contributed by atoms with Gasteiger partial charge >= 0.3 is 0 Å². The predicted octanol–water partition coefficient (Wildman–Crippen LogP) is 3.58. The number of methoxy groups -OCH3 is 1. The van der Waals surface area contributed by atoms with Gasteiger partial charge < -0.3 is 4.74 Å². The zero-order valence-corrected chi connectivity index (χ0v) is 16.2. The van der Waals surface area contributed by atoms with Gasteiger partial charge in [-0.1, -0.05) is 24.3 Å². The highest BCUT2D eigenvalue weighted by Crippen LogP contribution is 2.30. The molecule has 0 saturated carbocycles. The molecule has 1 N–H and O–H groups in total. The second-order valence-electron chi connectivity index (χ2n) is 5.88. The maximum Gasteiger partial charge on any atom is 0.208 e. The number of thiazole rings is 1. The molecule has 1 aromatic heterocycles. The molecule has 0 unspecified atom stereocenters. The SMILES string of the molecule is COc1ccc(-c2nc(-c3ccc(CCNS(C)(=O)=O)cc3)cs2)cc1. The van der Waals surface area contributed by atoms with Crippen LogP contribution in [0.1, 0.15) is 5.56 Å². The van der Waals surface area contributed by atoms with Crippen molar-refractivity contribution in [2.45, 2.75) is 6.42 Å². The number of hydrogen-bond acceptors (Lipinski definition) is 5. The molecule has 7 heteroatoms. The van der Waals surface area contributed by atoms with E-state index in [1.807, 2.05) is 53.9 Å². The average molecular weight is 389 g/mol. The average Bonchev–Trinajstić information content (AvgIpc) is 3.11. The Kier molecular flexibility index (Phi) is 5.70. The first kappa shape index (κ1) is 18.6. The fourth-order valence-corrected chi connectivity index (χ4v) is 3.80. The molecule has 3 rings (SSSR count). The molecule has 0 aliphatic carbocycles. The summed E-state index contributed by atoms with van der Waals surface area (Å²) in [7, 11) is -1.49. The summed E-state index contributed by atoms with van der Waals surface area (Å²) in [6, 6.07) is 15.9. The Bertz CT molecular complexity index is 963. The minimum absolute atomic E-state index is 0.399. The summed E-state index contributed by atoms with van der Waals surface area (Å²) >= 11 is 1.60. The summed E-state index contributed by atoms with van der Waals surface area (Å²) in [5.74, 6) is 0.825. The predicted molar refractivity (Wildman–Crippen MR) is 106 cm³/mol. The van der Waals surface area contributed by atoms with Crippen LogP contribution in [0.5, 0.6) is 5.75 Å². The Balaban J connectivity index is 1.68. The molecule has 5 nitrogen and oxygen atoms in total. The maximum atomic E-state index is 11.1. The third-order valence-electron chi connectivity index (χ3n) is 3.87. The van der Waals surface area contributed by atoms with E-state index in [2.05, 4.69) is 4.72 Å². The minimum atomic E-state index is -3.14. The van der Waals surface area contributed by atoms with Crippen LogP contribution >= 0.6 is 11.3 Å². The van der Waals surface area contributed by atoms with Crippen LogP contribution in [0.25, 0.3) is 21.8 Å². The number of aromatic nitrogens is 1. The van der Waals surface area contributed by atoms with E-state index >= 15 is 0 Å². The lowest BCUT2D eigenvalue weighted by molar-refractivity contribution is 0.415. The molecule has 1 heterocycles. The van der Waals surface area contributed by atoms with E-state index in [4.69, 9.17) is 9.72 Å². The zero-order chi connectivity index (χ0) is 18.6. The lowest BCUT2D eigenvalue weighted by Crippen LogP contribution is -2.24. The normalized spacial score (nSPS) is 11.5. The third-order valence-corrected chi connectivity index (χ3v) is 5.49. The highest BCUT2D eigenvalue weighted by Gasteiger charge is 2.07. The van der Waals surface area contributed by atoms with Gasteiger partial charge in [-0.25, -0.2) is 18.1 Å². The highest BCUT2D eigenvalue weighted by atomic mass is 32.2. The van der Waals surface area contributed by atoms with Crippen LogP contribution in [0.4, 0.5) is 0 Å². The number of rotatable bonds is 7. The van der Waals surface area contributed by atoms with Gasteiger partial charge in [0.2, 0.25) is 10.0 Å². The van der Waals surface area contributed by atoms with Gasteiger partial charge in [-0.2, -0.15) is 0 Å². The van der Waals surface area contributed by atoms with Crippen molar-refractivity contribution < 1.29 is 13.2 Å². The molecule has 0 atom stereocenters. The Morgan fingerprint density at radius 2 is 1.69 bits per heavy atom. The molecule has 26 heavy (non-hydrogen) atoms. The standard InChI is InChI=1S/C19H20N2O3S2/c1-24-17-9-7-16(8-10-17)19-21-18(13-25-19)15-5-3-14(4-6-15)11-12-20-26(2,22)23/h3-10,13,20H,11-12H2,1-2H3. The fourth-order valence-electron chi connectivity index (χ4n) is 2.50. The first-order chi connectivity index (χ1) is 12.4. The van der Waals surface area contributed by atoms with Gasteiger partial charge in [0.25, 0.3) is 0 Å². The van der Waals surface area contributed by atoms with Gasteiger partial charge in [0, 0.05) is 23.1 Å². The van der Waals surface area contributed by atoms with Crippen LogP contribution in [0.3, 0.4) is 0 Å². The first-order valence-corrected chi connectivity index (χ1v) is 10.9. The fraction of sp³-hybridized carbons (Fsp3) is 0.211. The van der Waals surface area contributed by atoms with Crippen molar-refractivity contribution >= 4 is 21.4 Å². The van der Waals surface area contributed by atoms with Gasteiger partial charge in [-0.05, 0) is 36.2 Å². The largest absolute Gasteiger partial charge is 0.497 e. The smallest absolute Gasteiger partial charge is 0.208 e. The van der Waals surface area contributed by atoms with Crippen LogP contribution in [-0.2, 0) is 16.4 Å². The number of nitrogens with one attached hydrogen (secondary N) is 1. The number of hydrogen-bond donors (Lipinski definition) is 1. The van der Waals surface area contributed by atoms with Crippen molar-refractivity contribution in [2.75, 3.05) is 19.9 Å². The Morgan fingerprint density at radius 3 is 2.31 bits per heavy atom. The van der Waals surface area contributed by atoms with E-state index < -0.39 is 10.0 Å². The van der Waals surface area contributed by atoms with E-state index in [-0.39, 0.29) is 0 Å². The molecular weight excluding hydrogens is 368 g/mol. The van der Waals surface area contributed by atoms with Crippen LogP contribution < -0.4 is 9.46 Å². The van der Waals surface area contributed by atoms with Crippen molar-refractivity contribution in [1.82, 2.24) is 9.71 Å². The molecule has 0 aliphatic rings. The first-order valence-electron chi connectivity index (χ1n) is 8.08. The molecule has 3 aromatic rings. The third kappa shape index (κ3) is 4.91. The molecule has 0 amide bonds. The minimum Gasteiger partial charge on any atom is -0.497 e. The molecule has 0 spiro atoms. The van der Waals surface area contributed by atoms with Crippen molar-refractivity contribution in [3.63, 3.8) is 0 Å². The summed E-state index contributed by atoms with van der Waals surface area (Å²) in [6.45, 7) is 0.399. The molecule has 0 aliphatic heterocycles. The summed E-state index contributed by atoms with van der Waals surface area (Å²) < 4.78 is 29.9. The van der Waals surface area contributed by atoms with E-state index in [1.165, 1.54) is 6.26 Å². The summed E-state index contributed by atoms with van der Waals surface area (Å²) in [6.07, 6.45) is 1.82. The lowest BCUT2D eigenvalue weighted by atomic mass is 10.1. The van der Waals surface area contributed by atoms with Gasteiger partial charge in [-0.3, -0.25) is 0 Å². The number of nitrogens with zero attached hydrogens (tertiary/aromatic N) is 1. The number of benzene rings is 2. The van der Waals surface area contributed by atoms with Gasteiger partial charge in [-0.15, -0.1) is 11.3 Å². The van der Waals surface area contributed by atoms with Crippen molar-refractivity contribution in [3.05, 3.63) is 59.5 Å². The van der Waals surface area contributed by atoms with Crippen LogP contribution in [0.15, 0.2) is 53.9 Å². The summed E-state index contributed by atoms with van der Waals surface area (Å²) in [4.78, 5) is 4.72. The zero-order valence-electron chi connectivity index (χ0n) is 14.6. The van der Waals surface area contributed by atoms with E-state index in [9.17, 15) is 8.42 Å². The van der Waals surface area contributed by atoms with Crippen LogP contribution in [0, 0.1) is 0 Å².